The van der Waals surface area contributed by atoms with Gasteiger partial charge in [-0.2, -0.15) is 0 Å². The van der Waals surface area contributed by atoms with Crippen molar-refractivity contribution in [3.8, 4) is 0 Å². The number of hydrogen-bond donors (Lipinski definition) is 1. The van der Waals surface area contributed by atoms with Crippen molar-refractivity contribution in [1.82, 2.24) is 9.62 Å². The number of hydrogen-bond acceptors (Lipinski definition) is 5. The van der Waals surface area contributed by atoms with Crippen LogP contribution in [0.1, 0.15) is 34.1 Å². The minimum Gasteiger partial charge on any atom is -0.455 e. The molecule has 2 amide bonds. The van der Waals surface area contributed by atoms with E-state index in [0.717, 1.165) is 0 Å². The Morgan fingerprint density at radius 1 is 1.28 bits per heavy atom. The van der Waals surface area contributed by atoms with E-state index >= 15 is 0 Å². The van der Waals surface area contributed by atoms with Crippen molar-refractivity contribution in [2.24, 2.45) is 0 Å². The summed E-state index contributed by atoms with van der Waals surface area (Å²) >= 11 is 3.37. The van der Waals surface area contributed by atoms with Crippen LogP contribution in [0.2, 0.25) is 0 Å². The zero-order valence-corrected chi connectivity index (χ0v) is 19.3. The minimum atomic E-state index is -4.10. The highest BCUT2D eigenvalue weighted by molar-refractivity contribution is 9.09. The number of β-lactam (4-membered cyclic amide) rings is 1. The van der Waals surface area contributed by atoms with Gasteiger partial charge in [0.05, 0.1) is 6.42 Å². The predicted octanol–water partition coefficient (Wildman–Crippen LogP) is 2.48. The van der Waals surface area contributed by atoms with Gasteiger partial charge < -0.3 is 4.74 Å². The standard InChI is InChI=1S/C20H25BrN2O5S/c1-13(24)22-29(27,15-8-6-5-7-9-15)12-14(11-21)18(19(26)28-20(2,3)4)23-16(25)10-17(23)29/h5-9,17H,10-12H2,1-4H3,(H,22,24,27). The number of fused-ring (bicyclic) bond motifs is 1. The zero-order valence-electron chi connectivity index (χ0n) is 16.9. The second-order valence-electron chi connectivity index (χ2n) is 8.30. The lowest BCUT2D eigenvalue weighted by Gasteiger charge is -2.60. The summed E-state index contributed by atoms with van der Waals surface area (Å²) in [6.07, 6.45) is -0.0254. The third-order valence-corrected chi connectivity index (χ3v) is 10.1. The number of carbonyl (C=O) groups excluding carboxylic acids is 3. The summed E-state index contributed by atoms with van der Waals surface area (Å²) in [7, 11) is -4.10. The van der Waals surface area contributed by atoms with Crippen molar-refractivity contribution in [2.75, 3.05) is 11.1 Å². The molecule has 0 saturated carbocycles. The van der Waals surface area contributed by atoms with Gasteiger partial charge >= 0.3 is 5.97 Å². The normalized spacial score (nSPS) is 23.9. The SMILES string of the molecule is CC(=O)NS1(=O)(c2ccccc2)CC(CBr)=C(C(=O)OC(C)(C)C)N2C(=O)CC21. The van der Waals surface area contributed by atoms with Gasteiger partial charge in [-0.1, -0.05) is 34.1 Å². The third kappa shape index (κ3) is 3.54. The average Bonchev–Trinajstić information content (AvgIpc) is 2.60. The van der Waals surface area contributed by atoms with Crippen molar-refractivity contribution in [3.63, 3.8) is 0 Å². The molecule has 1 N–H and O–H groups in total. The number of amides is 2. The van der Waals surface area contributed by atoms with Gasteiger partial charge in [0.1, 0.15) is 16.7 Å². The van der Waals surface area contributed by atoms with E-state index in [2.05, 4.69) is 20.7 Å². The van der Waals surface area contributed by atoms with Gasteiger partial charge in [0.15, 0.2) is 0 Å². The number of nitrogens with one attached hydrogen (secondary N) is 1. The number of carbonyl (C=O) groups is 3. The van der Waals surface area contributed by atoms with Crippen LogP contribution in [0.25, 0.3) is 0 Å². The summed E-state index contributed by atoms with van der Waals surface area (Å²) in [5.74, 6) is -1.48. The van der Waals surface area contributed by atoms with Gasteiger partial charge in [0.25, 0.3) is 0 Å². The Kier molecular flexibility index (Phi) is 5.28. The first kappa shape index (κ1) is 21.7. The van der Waals surface area contributed by atoms with Crippen LogP contribution >= 0.6 is 15.9 Å². The van der Waals surface area contributed by atoms with Crippen LogP contribution in [0.15, 0.2) is 46.5 Å². The lowest BCUT2D eigenvalue weighted by Crippen LogP contribution is -2.74. The van der Waals surface area contributed by atoms with Gasteiger partial charge in [-0.15, -0.1) is 0 Å². The van der Waals surface area contributed by atoms with Crippen LogP contribution in [0.4, 0.5) is 0 Å². The number of nitrogens with zero attached hydrogens (tertiary/aromatic N) is 1. The Labute approximate surface area is 178 Å². The first-order chi connectivity index (χ1) is 13.4. The van der Waals surface area contributed by atoms with Crippen LogP contribution in [0, 0.1) is 0 Å². The van der Waals surface area contributed by atoms with Gasteiger partial charge in [-0.3, -0.25) is 23.4 Å². The van der Waals surface area contributed by atoms with Gasteiger partial charge in [-0.05, 0) is 38.5 Å². The van der Waals surface area contributed by atoms with Crippen LogP contribution in [0.5, 0.6) is 0 Å². The molecule has 2 aliphatic heterocycles. The second-order valence-corrected chi connectivity index (χ2v) is 12.7. The van der Waals surface area contributed by atoms with Crippen molar-refractivity contribution in [1.29, 1.82) is 0 Å². The van der Waals surface area contributed by atoms with E-state index in [1.807, 2.05) is 0 Å². The lowest BCUT2D eigenvalue weighted by molar-refractivity contribution is -0.157. The van der Waals surface area contributed by atoms with E-state index < -0.39 is 32.1 Å². The molecule has 9 heteroatoms. The second kappa shape index (κ2) is 7.05. The van der Waals surface area contributed by atoms with E-state index in [1.165, 1.54) is 11.8 Å². The summed E-state index contributed by atoms with van der Waals surface area (Å²) in [6, 6.07) is 8.65. The summed E-state index contributed by atoms with van der Waals surface area (Å²) < 4.78 is 23.1. The summed E-state index contributed by atoms with van der Waals surface area (Å²) in [6.45, 7) is 6.52. The van der Waals surface area contributed by atoms with Crippen molar-refractivity contribution >= 4 is 43.0 Å². The van der Waals surface area contributed by atoms with Crippen LogP contribution in [-0.4, -0.2) is 49.0 Å². The first-order valence-corrected chi connectivity index (χ1v) is 12.5. The van der Waals surface area contributed by atoms with Gasteiger partial charge in [0, 0.05) is 32.2 Å². The number of esters is 1. The van der Waals surface area contributed by atoms with Crippen molar-refractivity contribution in [3.05, 3.63) is 41.6 Å². The molecule has 0 aliphatic carbocycles. The molecule has 1 aromatic carbocycles. The molecule has 0 aromatic heterocycles. The van der Waals surface area contributed by atoms with E-state index in [0.29, 0.717) is 10.5 Å². The molecule has 0 bridgehead atoms. The molecule has 29 heavy (non-hydrogen) atoms. The first-order valence-electron chi connectivity index (χ1n) is 9.22. The number of ether oxygens (including phenoxy) is 1. The molecule has 0 spiro atoms. The Bertz CT molecular complexity index is 982. The molecule has 2 heterocycles. The molecular formula is C20H25BrN2O5S. The van der Waals surface area contributed by atoms with Crippen LogP contribution < -0.4 is 4.72 Å². The predicted molar refractivity (Wildman–Crippen MR) is 113 cm³/mol. The number of alkyl halides is 1. The third-order valence-electron chi connectivity index (χ3n) is 4.90. The Morgan fingerprint density at radius 2 is 1.90 bits per heavy atom. The average molecular weight is 485 g/mol. The lowest BCUT2D eigenvalue weighted by atomic mass is 10.1. The molecular weight excluding hydrogens is 460 g/mol. The highest BCUT2D eigenvalue weighted by Crippen LogP contribution is 2.51. The van der Waals surface area contributed by atoms with Crippen LogP contribution in [-0.2, 0) is 28.4 Å². The number of halogens is 1. The van der Waals surface area contributed by atoms with Gasteiger partial charge in [0.2, 0.25) is 11.8 Å². The maximum atomic E-state index is 14.8. The van der Waals surface area contributed by atoms with E-state index in [1.54, 1.807) is 51.1 Å². The molecule has 0 radical (unpaired) electrons. The molecule has 2 aliphatic rings. The molecule has 1 unspecified atom stereocenters. The van der Waals surface area contributed by atoms with E-state index in [9.17, 15) is 18.6 Å². The number of benzene rings is 1. The fourth-order valence-corrected chi connectivity index (χ4v) is 9.05. The van der Waals surface area contributed by atoms with Crippen molar-refractivity contribution < 1.29 is 23.3 Å². The molecule has 1 saturated heterocycles. The molecule has 7 nitrogen and oxygen atoms in total. The fraction of sp³-hybridized carbons (Fsp3) is 0.450. The molecule has 3 rings (SSSR count). The monoisotopic (exact) mass is 484 g/mol. The Hall–Kier alpha value is -2.00. The maximum Gasteiger partial charge on any atom is 0.355 e. The summed E-state index contributed by atoms with van der Waals surface area (Å²) in [5, 5.41) is -0.630. The maximum absolute atomic E-state index is 14.8. The van der Waals surface area contributed by atoms with Gasteiger partial charge in [-0.25, -0.2) is 4.79 Å². The van der Waals surface area contributed by atoms with Crippen molar-refractivity contribution in [2.45, 2.75) is 50.0 Å². The molecule has 1 aromatic rings. The summed E-state index contributed by atoms with van der Waals surface area (Å²) in [5.41, 5.74) is -0.178. The fourth-order valence-electron chi connectivity index (χ4n) is 3.84. The Morgan fingerprint density at radius 3 is 2.38 bits per heavy atom. The molecule has 1 atom stereocenters. The minimum absolute atomic E-state index is 0.0254. The number of rotatable bonds is 4. The topological polar surface area (TPSA) is 92.8 Å². The molecule has 158 valence electrons. The van der Waals surface area contributed by atoms with Crippen LogP contribution in [0.3, 0.4) is 0 Å². The smallest absolute Gasteiger partial charge is 0.355 e. The quantitative estimate of drug-likeness (QED) is 0.402. The molecule has 1 fully saturated rings. The highest BCUT2D eigenvalue weighted by Gasteiger charge is 2.62. The summed E-state index contributed by atoms with van der Waals surface area (Å²) in [4.78, 5) is 39.4. The Balaban J connectivity index is 2.24. The highest BCUT2D eigenvalue weighted by atomic mass is 79.9. The largest absolute Gasteiger partial charge is 0.455 e. The van der Waals surface area contributed by atoms with E-state index in [-0.39, 0.29) is 29.1 Å². The van der Waals surface area contributed by atoms with E-state index in [4.69, 9.17) is 4.74 Å². The zero-order chi connectivity index (χ0) is 21.6.